The number of benzene rings is 3. The van der Waals surface area contributed by atoms with Crippen LogP contribution in [0, 0.1) is 17.5 Å². The molecule has 0 bridgehead atoms. The Morgan fingerprint density at radius 3 is 2.35 bits per heavy atom. The largest absolute Gasteiger partial charge is 0.348 e. The van der Waals surface area contributed by atoms with Gasteiger partial charge in [-0.25, -0.2) is 26.3 Å². The zero-order chi connectivity index (χ0) is 24.0. The molecular formula is C24H18F3N3O3S. The molecule has 1 saturated heterocycles. The number of carbonyl (C=O) groups is 1. The van der Waals surface area contributed by atoms with E-state index in [4.69, 9.17) is 0 Å². The molecule has 1 unspecified atom stereocenters. The van der Waals surface area contributed by atoms with Gasteiger partial charge in [-0.05, 0) is 61.0 Å². The molecule has 4 aromatic rings. The van der Waals surface area contributed by atoms with E-state index in [1.165, 1.54) is 53.2 Å². The van der Waals surface area contributed by atoms with Gasteiger partial charge < -0.3 is 5.32 Å². The number of nitrogens with one attached hydrogen (secondary N) is 1. The molecule has 1 amide bonds. The number of hydrogen-bond acceptors (Lipinski definition) is 4. The third kappa shape index (κ3) is 4.05. The Bertz CT molecular complexity index is 1510. The first-order chi connectivity index (χ1) is 16.2. The average Bonchev–Trinajstić information content (AvgIpc) is 3.33. The molecule has 0 spiro atoms. The van der Waals surface area contributed by atoms with Crippen molar-refractivity contribution < 1.29 is 26.4 Å². The van der Waals surface area contributed by atoms with Crippen LogP contribution >= 0.6 is 0 Å². The molecule has 5 rings (SSSR count). The van der Waals surface area contributed by atoms with Gasteiger partial charge in [-0.1, -0.05) is 6.07 Å². The molecular weight excluding hydrogens is 467 g/mol. The molecule has 1 atom stereocenters. The second-order valence-corrected chi connectivity index (χ2v) is 10.4. The van der Waals surface area contributed by atoms with Crippen LogP contribution in [-0.4, -0.2) is 41.7 Å². The minimum absolute atomic E-state index is 0.0197. The maximum Gasteiger partial charge on any atom is 0.251 e. The van der Waals surface area contributed by atoms with E-state index in [-0.39, 0.29) is 28.3 Å². The van der Waals surface area contributed by atoms with Crippen LogP contribution in [0.2, 0.25) is 0 Å². The fraction of sp³-hybridized carbons (Fsp3) is 0.167. The molecule has 6 nitrogen and oxygen atoms in total. The van der Waals surface area contributed by atoms with Crippen LogP contribution < -0.4 is 5.32 Å². The highest BCUT2D eigenvalue weighted by Gasteiger charge is 2.29. The van der Waals surface area contributed by atoms with Crippen molar-refractivity contribution in [3.05, 3.63) is 83.7 Å². The molecule has 3 aromatic carbocycles. The van der Waals surface area contributed by atoms with E-state index in [0.29, 0.717) is 23.0 Å². The van der Waals surface area contributed by atoms with E-state index >= 15 is 0 Å². The van der Waals surface area contributed by atoms with Gasteiger partial charge in [-0.2, -0.15) is 5.10 Å². The molecule has 10 heteroatoms. The van der Waals surface area contributed by atoms with Crippen LogP contribution in [-0.2, 0) is 9.84 Å². The lowest BCUT2D eigenvalue weighted by Crippen LogP contribution is -2.35. The summed E-state index contributed by atoms with van der Waals surface area (Å²) in [5.74, 6) is -2.64. The summed E-state index contributed by atoms with van der Waals surface area (Å²) in [5.41, 5.74) is 0.732. The number of carbonyl (C=O) groups excluding carboxylic acids is 1. The molecule has 1 fully saturated rings. The van der Waals surface area contributed by atoms with Crippen LogP contribution in [0.15, 0.2) is 60.7 Å². The Hall–Kier alpha value is -3.66. The quantitative estimate of drug-likeness (QED) is 0.473. The van der Waals surface area contributed by atoms with Crippen LogP contribution in [0.5, 0.6) is 0 Å². The first-order valence-electron chi connectivity index (χ1n) is 10.5. The predicted molar refractivity (Wildman–Crippen MR) is 121 cm³/mol. The monoisotopic (exact) mass is 485 g/mol. The fourth-order valence-corrected chi connectivity index (χ4v) is 5.79. The molecule has 1 aromatic heterocycles. The summed E-state index contributed by atoms with van der Waals surface area (Å²) in [7, 11) is -3.17. The normalized spacial score (nSPS) is 17.2. The van der Waals surface area contributed by atoms with Crippen molar-refractivity contribution >= 4 is 26.6 Å². The van der Waals surface area contributed by atoms with Crippen molar-refractivity contribution in [3.8, 4) is 16.9 Å². The zero-order valence-corrected chi connectivity index (χ0v) is 18.4. The maximum absolute atomic E-state index is 14.6. The van der Waals surface area contributed by atoms with Crippen molar-refractivity contribution in [2.75, 3.05) is 11.5 Å². The molecule has 34 heavy (non-hydrogen) atoms. The molecule has 0 aliphatic carbocycles. The highest BCUT2D eigenvalue weighted by Crippen LogP contribution is 2.33. The first kappa shape index (κ1) is 22.1. The summed E-state index contributed by atoms with van der Waals surface area (Å²) >= 11 is 0. The summed E-state index contributed by atoms with van der Waals surface area (Å²) in [6, 6.07) is 12.9. The van der Waals surface area contributed by atoms with Crippen LogP contribution in [0.25, 0.3) is 27.8 Å². The van der Waals surface area contributed by atoms with Gasteiger partial charge in [0.25, 0.3) is 5.91 Å². The van der Waals surface area contributed by atoms with Crippen LogP contribution in [0.4, 0.5) is 13.2 Å². The van der Waals surface area contributed by atoms with Gasteiger partial charge >= 0.3 is 0 Å². The van der Waals surface area contributed by atoms with E-state index < -0.39 is 39.2 Å². The lowest BCUT2D eigenvalue weighted by atomic mass is 10.0. The van der Waals surface area contributed by atoms with Crippen molar-refractivity contribution in [2.45, 2.75) is 12.5 Å². The number of aromatic nitrogens is 2. The average molecular weight is 485 g/mol. The van der Waals surface area contributed by atoms with Crippen LogP contribution in [0.3, 0.4) is 0 Å². The number of hydrogen-bond donors (Lipinski definition) is 1. The zero-order valence-electron chi connectivity index (χ0n) is 17.6. The SMILES string of the molecule is O=C(NC1CCS(=O)(=O)C1)c1ccc2c(-c3c(F)cccc3F)nn(-c3ccc(F)cc3)c2c1. The Labute approximate surface area is 192 Å². The van der Waals surface area contributed by atoms with Gasteiger partial charge in [0.05, 0.1) is 28.3 Å². The Kier molecular flexibility index (Phi) is 5.40. The summed E-state index contributed by atoms with van der Waals surface area (Å²) in [6.07, 6.45) is 0.334. The summed E-state index contributed by atoms with van der Waals surface area (Å²) < 4.78 is 67.4. The number of rotatable bonds is 4. The van der Waals surface area contributed by atoms with E-state index in [1.807, 2.05) is 0 Å². The standard InChI is InChI=1S/C24H18F3N3O3S/c25-15-5-7-17(8-6-15)30-21-12-14(24(31)28-16-10-11-34(32,33)13-16)4-9-18(21)23(29-30)22-19(26)2-1-3-20(22)27/h1-9,12,16H,10-11,13H2,(H,28,31). The van der Waals surface area contributed by atoms with Crippen molar-refractivity contribution in [3.63, 3.8) is 0 Å². The van der Waals surface area contributed by atoms with Crippen LogP contribution in [0.1, 0.15) is 16.8 Å². The summed E-state index contributed by atoms with van der Waals surface area (Å²) in [6.45, 7) is 0. The van der Waals surface area contributed by atoms with Crippen molar-refractivity contribution in [1.82, 2.24) is 15.1 Å². The number of amides is 1. The minimum Gasteiger partial charge on any atom is -0.348 e. The third-order valence-corrected chi connectivity index (χ3v) is 7.55. The molecule has 1 N–H and O–H groups in total. The second-order valence-electron chi connectivity index (χ2n) is 8.14. The van der Waals surface area contributed by atoms with Gasteiger partial charge in [-0.15, -0.1) is 0 Å². The Morgan fingerprint density at radius 2 is 1.71 bits per heavy atom. The Balaban J connectivity index is 1.63. The maximum atomic E-state index is 14.6. The van der Waals surface area contributed by atoms with E-state index in [2.05, 4.69) is 10.4 Å². The molecule has 1 aliphatic heterocycles. The minimum atomic E-state index is -3.17. The molecule has 0 saturated carbocycles. The van der Waals surface area contributed by atoms with Gasteiger partial charge in [0.2, 0.25) is 0 Å². The third-order valence-electron chi connectivity index (χ3n) is 5.78. The predicted octanol–water partition coefficient (Wildman–Crippen LogP) is 4.03. The van der Waals surface area contributed by atoms with Gasteiger partial charge in [0.1, 0.15) is 23.1 Å². The van der Waals surface area contributed by atoms with Gasteiger partial charge in [0, 0.05) is 17.0 Å². The number of nitrogens with zero attached hydrogens (tertiary/aromatic N) is 2. The Morgan fingerprint density at radius 1 is 1.00 bits per heavy atom. The van der Waals surface area contributed by atoms with Crippen molar-refractivity contribution in [1.29, 1.82) is 0 Å². The number of sulfone groups is 1. The fourth-order valence-electron chi connectivity index (χ4n) is 4.12. The van der Waals surface area contributed by atoms with E-state index in [9.17, 15) is 26.4 Å². The van der Waals surface area contributed by atoms with Gasteiger partial charge in [0.15, 0.2) is 9.84 Å². The molecule has 0 radical (unpaired) electrons. The highest BCUT2D eigenvalue weighted by molar-refractivity contribution is 7.91. The topological polar surface area (TPSA) is 81.1 Å². The first-order valence-corrected chi connectivity index (χ1v) is 12.3. The number of halogens is 3. The lowest BCUT2D eigenvalue weighted by Gasteiger charge is -2.11. The van der Waals surface area contributed by atoms with Crippen molar-refractivity contribution in [2.24, 2.45) is 0 Å². The molecule has 174 valence electrons. The number of fused-ring (bicyclic) bond motifs is 1. The molecule has 1 aliphatic rings. The smallest absolute Gasteiger partial charge is 0.251 e. The van der Waals surface area contributed by atoms with Gasteiger partial charge in [-0.3, -0.25) is 4.79 Å². The summed E-state index contributed by atoms with van der Waals surface area (Å²) in [5, 5.41) is 7.51. The second kappa shape index (κ2) is 8.28. The highest BCUT2D eigenvalue weighted by atomic mass is 32.2. The summed E-state index contributed by atoms with van der Waals surface area (Å²) in [4.78, 5) is 12.8. The lowest BCUT2D eigenvalue weighted by molar-refractivity contribution is 0.0941. The van der Waals surface area contributed by atoms with E-state index in [0.717, 1.165) is 12.1 Å². The van der Waals surface area contributed by atoms with E-state index in [1.54, 1.807) is 0 Å². The molecule has 2 heterocycles.